The minimum atomic E-state index is -0.385. The summed E-state index contributed by atoms with van der Waals surface area (Å²) in [6.45, 7) is 4.49. The van der Waals surface area contributed by atoms with Gasteiger partial charge in [-0.3, -0.25) is 4.90 Å². The summed E-state index contributed by atoms with van der Waals surface area (Å²) in [6, 6.07) is 7.22. The summed E-state index contributed by atoms with van der Waals surface area (Å²) in [5.41, 5.74) is 3.33. The van der Waals surface area contributed by atoms with E-state index in [1.165, 1.54) is 24.3 Å². The van der Waals surface area contributed by atoms with Crippen LogP contribution in [0.4, 0.5) is 13.2 Å². The summed E-state index contributed by atoms with van der Waals surface area (Å²) in [4.78, 5) is 7.08. The Labute approximate surface area is 168 Å². The normalized spacial score (nSPS) is 20.5. The van der Waals surface area contributed by atoms with E-state index < -0.39 is 0 Å². The first-order chi connectivity index (χ1) is 14.0. The van der Waals surface area contributed by atoms with Crippen molar-refractivity contribution >= 4 is 11.0 Å². The zero-order chi connectivity index (χ0) is 20.1. The van der Waals surface area contributed by atoms with Crippen molar-refractivity contribution in [2.45, 2.75) is 51.1 Å². The van der Waals surface area contributed by atoms with E-state index in [-0.39, 0.29) is 23.4 Å². The van der Waals surface area contributed by atoms with Crippen LogP contribution in [0.25, 0.3) is 11.0 Å². The van der Waals surface area contributed by atoms with Gasteiger partial charge < -0.3 is 4.57 Å². The summed E-state index contributed by atoms with van der Waals surface area (Å²) in [6.07, 6.45) is 3.44. The van der Waals surface area contributed by atoms with Crippen molar-refractivity contribution in [2.24, 2.45) is 0 Å². The van der Waals surface area contributed by atoms with Crippen LogP contribution >= 0.6 is 0 Å². The van der Waals surface area contributed by atoms with E-state index in [0.717, 1.165) is 61.2 Å². The first kappa shape index (κ1) is 18.7. The SMILES string of the molecule is CC1CCc2cc(F)cc3nc(CN4CCC(c5cc(F)ccc5F)CC4)n1c23. The highest BCUT2D eigenvalue weighted by Crippen LogP contribution is 2.35. The Balaban J connectivity index is 1.36. The van der Waals surface area contributed by atoms with Crippen LogP contribution in [0.3, 0.4) is 0 Å². The van der Waals surface area contributed by atoms with Gasteiger partial charge in [0.25, 0.3) is 0 Å². The van der Waals surface area contributed by atoms with Gasteiger partial charge in [0.15, 0.2) is 0 Å². The number of aryl methyl sites for hydroxylation is 1. The predicted octanol–water partition coefficient (Wildman–Crippen LogP) is 5.34. The highest BCUT2D eigenvalue weighted by atomic mass is 19.1. The molecule has 6 heteroatoms. The van der Waals surface area contributed by atoms with Gasteiger partial charge in [0.05, 0.1) is 17.6 Å². The molecule has 1 unspecified atom stereocenters. The number of likely N-dealkylation sites (tertiary alicyclic amines) is 1. The molecule has 1 saturated heterocycles. The Morgan fingerprint density at radius 3 is 2.59 bits per heavy atom. The number of hydrogen-bond donors (Lipinski definition) is 0. The van der Waals surface area contributed by atoms with Gasteiger partial charge in [-0.15, -0.1) is 0 Å². The number of halogens is 3. The summed E-state index contributed by atoms with van der Waals surface area (Å²) in [7, 11) is 0. The van der Waals surface area contributed by atoms with Crippen LogP contribution in [0.2, 0.25) is 0 Å². The molecule has 1 aromatic heterocycles. The van der Waals surface area contributed by atoms with E-state index in [0.29, 0.717) is 18.2 Å². The van der Waals surface area contributed by atoms with Gasteiger partial charge in [0.2, 0.25) is 0 Å². The minimum absolute atomic E-state index is 0.0410. The van der Waals surface area contributed by atoms with Crippen LogP contribution in [-0.2, 0) is 13.0 Å². The first-order valence-electron chi connectivity index (χ1n) is 10.4. The zero-order valence-electron chi connectivity index (χ0n) is 16.5. The maximum Gasteiger partial charge on any atom is 0.126 e. The Morgan fingerprint density at radius 1 is 1.00 bits per heavy atom. The van der Waals surface area contributed by atoms with Gasteiger partial charge in [-0.2, -0.15) is 0 Å². The fraction of sp³-hybridized carbons (Fsp3) is 0.435. The zero-order valence-corrected chi connectivity index (χ0v) is 16.5. The van der Waals surface area contributed by atoms with Gasteiger partial charge in [0, 0.05) is 12.1 Å². The highest BCUT2D eigenvalue weighted by Gasteiger charge is 2.27. The molecule has 0 radical (unpaired) electrons. The van der Waals surface area contributed by atoms with Gasteiger partial charge in [-0.1, -0.05) is 0 Å². The molecule has 0 bridgehead atoms. The van der Waals surface area contributed by atoms with E-state index in [4.69, 9.17) is 4.98 Å². The minimum Gasteiger partial charge on any atom is -0.324 e. The molecule has 2 aliphatic heterocycles. The molecule has 29 heavy (non-hydrogen) atoms. The predicted molar refractivity (Wildman–Crippen MR) is 106 cm³/mol. The molecule has 0 spiro atoms. The molecular weight excluding hydrogens is 375 g/mol. The number of aromatic nitrogens is 2. The van der Waals surface area contributed by atoms with Crippen molar-refractivity contribution in [1.82, 2.24) is 14.5 Å². The second kappa shape index (κ2) is 7.17. The number of nitrogens with zero attached hydrogens (tertiary/aromatic N) is 3. The lowest BCUT2D eigenvalue weighted by molar-refractivity contribution is 0.195. The van der Waals surface area contributed by atoms with Crippen LogP contribution in [-0.4, -0.2) is 27.5 Å². The number of benzene rings is 2. The quantitative estimate of drug-likeness (QED) is 0.593. The number of rotatable bonds is 3. The molecule has 0 amide bonds. The van der Waals surface area contributed by atoms with E-state index >= 15 is 0 Å². The summed E-state index contributed by atoms with van der Waals surface area (Å²) < 4.78 is 43.9. The molecule has 0 aliphatic carbocycles. The third-order valence-corrected chi connectivity index (χ3v) is 6.52. The summed E-state index contributed by atoms with van der Waals surface area (Å²) in [5.74, 6) is 0.0751. The van der Waals surface area contributed by atoms with E-state index in [1.54, 1.807) is 6.07 Å². The summed E-state index contributed by atoms with van der Waals surface area (Å²) >= 11 is 0. The molecule has 2 aromatic carbocycles. The van der Waals surface area contributed by atoms with Crippen molar-refractivity contribution < 1.29 is 13.2 Å². The maximum atomic E-state index is 14.1. The topological polar surface area (TPSA) is 21.1 Å². The van der Waals surface area contributed by atoms with Gasteiger partial charge in [0.1, 0.15) is 23.3 Å². The molecule has 3 heterocycles. The molecule has 0 saturated carbocycles. The lowest BCUT2D eigenvalue weighted by Gasteiger charge is -2.33. The average Bonchev–Trinajstić information content (AvgIpc) is 3.06. The van der Waals surface area contributed by atoms with E-state index in [2.05, 4.69) is 16.4 Å². The molecule has 3 nitrogen and oxygen atoms in total. The third kappa shape index (κ3) is 3.33. The van der Waals surface area contributed by atoms with Crippen molar-refractivity contribution in [3.63, 3.8) is 0 Å². The Morgan fingerprint density at radius 2 is 1.79 bits per heavy atom. The molecule has 1 fully saturated rings. The van der Waals surface area contributed by atoms with Crippen molar-refractivity contribution in [3.05, 3.63) is 64.7 Å². The first-order valence-corrected chi connectivity index (χ1v) is 10.4. The van der Waals surface area contributed by atoms with E-state index in [9.17, 15) is 13.2 Å². The van der Waals surface area contributed by atoms with Crippen LogP contribution < -0.4 is 0 Å². The fourth-order valence-corrected chi connectivity index (χ4v) is 5.03. The smallest absolute Gasteiger partial charge is 0.126 e. The van der Waals surface area contributed by atoms with Gasteiger partial charge in [-0.25, -0.2) is 18.2 Å². The molecule has 152 valence electrons. The molecule has 5 rings (SSSR count). The van der Waals surface area contributed by atoms with Crippen LogP contribution in [0.5, 0.6) is 0 Å². The Bertz CT molecular complexity index is 1070. The number of imidazole rings is 1. The molecule has 3 aromatic rings. The van der Waals surface area contributed by atoms with Crippen molar-refractivity contribution in [2.75, 3.05) is 13.1 Å². The van der Waals surface area contributed by atoms with Crippen LogP contribution in [0, 0.1) is 17.5 Å². The molecule has 2 aliphatic rings. The Kier molecular flexibility index (Phi) is 4.62. The third-order valence-electron chi connectivity index (χ3n) is 6.52. The number of piperidine rings is 1. The van der Waals surface area contributed by atoms with Gasteiger partial charge >= 0.3 is 0 Å². The van der Waals surface area contributed by atoms with Crippen molar-refractivity contribution in [1.29, 1.82) is 0 Å². The second-order valence-corrected chi connectivity index (χ2v) is 8.43. The molecule has 0 N–H and O–H groups in total. The van der Waals surface area contributed by atoms with E-state index in [1.807, 2.05) is 0 Å². The average molecular weight is 399 g/mol. The second-order valence-electron chi connectivity index (χ2n) is 8.43. The largest absolute Gasteiger partial charge is 0.324 e. The highest BCUT2D eigenvalue weighted by molar-refractivity contribution is 5.80. The maximum absolute atomic E-state index is 14.1. The molecule has 1 atom stereocenters. The van der Waals surface area contributed by atoms with Crippen molar-refractivity contribution in [3.8, 4) is 0 Å². The lowest BCUT2D eigenvalue weighted by atomic mass is 9.89. The lowest BCUT2D eigenvalue weighted by Crippen LogP contribution is -2.34. The number of hydrogen-bond acceptors (Lipinski definition) is 2. The fourth-order valence-electron chi connectivity index (χ4n) is 5.03. The Hall–Kier alpha value is -2.34. The van der Waals surface area contributed by atoms with Gasteiger partial charge in [-0.05, 0) is 87.0 Å². The summed E-state index contributed by atoms with van der Waals surface area (Å²) in [5, 5.41) is 0. The molecular formula is C23H24F3N3. The monoisotopic (exact) mass is 399 g/mol. The van der Waals surface area contributed by atoms with Crippen LogP contribution in [0.15, 0.2) is 30.3 Å². The van der Waals surface area contributed by atoms with Crippen LogP contribution in [0.1, 0.15) is 55.1 Å². The standard InChI is InChI=1S/C23H24F3N3/c1-14-2-3-16-10-18(25)12-21-23(16)29(14)22(27-21)13-28-8-6-15(7-9-28)19-11-17(24)4-5-20(19)26/h4-5,10-12,14-15H,2-3,6-9,13H2,1H3.